The summed E-state index contributed by atoms with van der Waals surface area (Å²) in [6.45, 7) is 0. The maximum absolute atomic E-state index is 6.09. The van der Waals surface area contributed by atoms with Gasteiger partial charge in [-0.15, -0.1) is 0 Å². The third-order valence-corrected chi connectivity index (χ3v) is 3.26. The Labute approximate surface area is 114 Å². The first-order valence-corrected chi connectivity index (χ1v) is 5.92. The largest absolute Gasteiger partial charge is 0.0836 e. The van der Waals surface area contributed by atoms with Crippen molar-refractivity contribution in [3.8, 4) is 11.1 Å². The fourth-order valence-corrected chi connectivity index (χ4v) is 2.36. The van der Waals surface area contributed by atoms with E-state index in [2.05, 4.69) is 6.07 Å². The molecule has 81 valence electrons. The van der Waals surface area contributed by atoms with Crippen LogP contribution in [0.1, 0.15) is 0 Å². The first-order chi connectivity index (χ1) is 7.59. The van der Waals surface area contributed by atoms with Crippen LogP contribution in [-0.4, -0.2) is 0 Å². The van der Waals surface area contributed by atoms with Gasteiger partial charge in [0.05, 0.1) is 0 Å². The van der Waals surface area contributed by atoms with E-state index in [4.69, 9.17) is 46.4 Å². The van der Waals surface area contributed by atoms with Crippen molar-refractivity contribution in [2.75, 3.05) is 0 Å². The van der Waals surface area contributed by atoms with E-state index < -0.39 is 0 Å². The van der Waals surface area contributed by atoms with Crippen LogP contribution in [0.5, 0.6) is 0 Å². The summed E-state index contributed by atoms with van der Waals surface area (Å²) in [4.78, 5) is 0. The van der Waals surface area contributed by atoms with Crippen molar-refractivity contribution >= 4 is 46.4 Å². The van der Waals surface area contributed by atoms with Crippen molar-refractivity contribution in [1.82, 2.24) is 0 Å². The van der Waals surface area contributed by atoms with Crippen LogP contribution < -0.4 is 0 Å². The monoisotopic (exact) mass is 289 g/mol. The Hall–Kier alpha value is -0.400. The van der Waals surface area contributed by atoms with Gasteiger partial charge in [0, 0.05) is 37.3 Å². The van der Waals surface area contributed by atoms with E-state index in [1.54, 1.807) is 30.3 Å². The molecule has 2 aromatic rings. The third-order valence-electron chi connectivity index (χ3n) is 2.10. The molecule has 0 spiro atoms. The van der Waals surface area contributed by atoms with Crippen molar-refractivity contribution in [2.24, 2.45) is 0 Å². The fourth-order valence-electron chi connectivity index (χ4n) is 1.39. The first-order valence-electron chi connectivity index (χ1n) is 4.40. The van der Waals surface area contributed by atoms with Gasteiger partial charge in [0.2, 0.25) is 0 Å². The molecule has 0 bridgehead atoms. The molecule has 0 unspecified atom stereocenters. The van der Waals surface area contributed by atoms with Crippen LogP contribution in [0.2, 0.25) is 20.1 Å². The van der Waals surface area contributed by atoms with E-state index >= 15 is 0 Å². The summed E-state index contributed by atoms with van der Waals surface area (Å²) in [5.74, 6) is 0. The van der Waals surface area contributed by atoms with Gasteiger partial charge >= 0.3 is 0 Å². The summed E-state index contributed by atoms with van der Waals surface area (Å²) in [5.41, 5.74) is 1.40. The minimum Gasteiger partial charge on any atom is -0.0836 e. The highest BCUT2D eigenvalue weighted by Gasteiger charge is 2.11. The molecule has 4 heteroatoms. The number of hydrogen-bond donors (Lipinski definition) is 0. The van der Waals surface area contributed by atoms with E-state index in [0.717, 1.165) is 0 Å². The predicted octanol–water partition coefficient (Wildman–Crippen LogP) is 5.77. The van der Waals surface area contributed by atoms with Gasteiger partial charge in [0.15, 0.2) is 0 Å². The summed E-state index contributed by atoms with van der Waals surface area (Å²) in [7, 11) is 0. The molecule has 0 aliphatic heterocycles. The van der Waals surface area contributed by atoms with Crippen molar-refractivity contribution < 1.29 is 0 Å². The van der Waals surface area contributed by atoms with Crippen molar-refractivity contribution in [3.05, 3.63) is 56.5 Å². The van der Waals surface area contributed by atoms with Gasteiger partial charge in [0.1, 0.15) is 0 Å². The molecular weight excluding hydrogens is 286 g/mol. The van der Waals surface area contributed by atoms with Crippen LogP contribution in [0.3, 0.4) is 0 Å². The topological polar surface area (TPSA) is 0 Å². The molecular formula is C12H5Cl4. The van der Waals surface area contributed by atoms with Crippen molar-refractivity contribution in [3.63, 3.8) is 0 Å². The Morgan fingerprint density at radius 2 is 1.50 bits per heavy atom. The zero-order valence-corrected chi connectivity index (χ0v) is 10.9. The molecule has 0 aliphatic rings. The zero-order valence-electron chi connectivity index (χ0n) is 7.90. The van der Waals surface area contributed by atoms with E-state index in [-0.39, 0.29) is 0 Å². The van der Waals surface area contributed by atoms with E-state index in [1.807, 2.05) is 0 Å². The molecule has 2 aromatic carbocycles. The van der Waals surface area contributed by atoms with Gasteiger partial charge in [-0.1, -0.05) is 52.5 Å². The fraction of sp³-hybridized carbons (Fsp3) is 0. The highest BCUT2D eigenvalue weighted by molar-refractivity contribution is 6.41. The lowest BCUT2D eigenvalue weighted by Crippen LogP contribution is -1.83. The van der Waals surface area contributed by atoms with Crippen LogP contribution in [-0.2, 0) is 0 Å². The summed E-state index contributed by atoms with van der Waals surface area (Å²) < 4.78 is 0. The highest BCUT2D eigenvalue weighted by Crippen LogP contribution is 2.39. The Morgan fingerprint density at radius 3 is 2.12 bits per heavy atom. The Morgan fingerprint density at radius 1 is 0.875 bits per heavy atom. The quantitative estimate of drug-likeness (QED) is 0.626. The molecule has 0 atom stereocenters. The third kappa shape index (κ3) is 2.31. The molecule has 0 N–H and O–H groups in total. The average molecular weight is 291 g/mol. The number of halogens is 4. The normalized spacial score (nSPS) is 10.5. The molecule has 0 aliphatic carbocycles. The molecule has 0 saturated heterocycles. The molecule has 0 saturated carbocycles. The maximum Gasteiger partial charge on any atom is 0.0499 e. The predicted molar refractivity (Wildman–Crippen MR) is 70.8 cm³/mol. The lowest BCUT2D eigenvalue weighted by molar-refractivity contribution is 1.61. The SMILES string of the molecule is Clc1[c]cc(Cl)c(-c2c(Cl)cccc2Cl)c1. The van der Waals surface area contributed by atoms with Gasteiger partial charge in [0.25, 0.3) is 0 Å². The first kappa shape index (κ1) is 12.1. The Kier molecular flexibility index (Phi) is 3.66. The molecule has 2 rings (SSSR count). The summed E-state index contributed by atoms with van der Waals surface area (Å²) >= 11 is 24.1. The number of rotatable bonds is 1. The molecule has 0 nitrogen and oxygen atoms in total. The van der Waals surface area contributed by atoms with E-state index in [9.17, 15) is 0 Å². The summed E-state index contributed by atoms with van der Waals surface area (Å²) in [6, 6.07) is 11.4. The van der Waals surface area contributed by atoms with Gasteiger partial charge in [-0.05, 0) is 24.3 Å². The van der Waals surface area contributed by atoms with Crippen molar-refractivity contribution in [2.45, 2.75) is 0 Å². The summed E-state index contributed by atoms with van der Waals surface area (Å²) in [6.07, 6.45) is 0. The second-order valence-electron chi connectivity index (χ2n) is 3.14. The van der Waals surface area contributed by atoms with Crippen LogP contribution in [0, 0.1) is 6.07 Å². The number of benzene rings is 2. The van der Waals surface area contributed by atoms with Gasteiger partial charge < -0.3 is 0 Å². The average Bonchev–Trinajstić information content (AvgIpc) is 2.23. The van der Waals surface area contributed by atoms with Crippen molar-refractivity contribution in [1.29, 1.82) is 0 Å². The smallest absolute Gasteiger partial charge is 0.0499 e. The van der Waals surface area contributed by atoms with E-state index in [1.165, 1.54) is 0 Å². The molecule has 0 aromatic heterocycles. The second kappa shape index (κ2) is 4.85. The number of hydrogen-bond acceptors (Lipinski definition) is 0. The molecule has 16 heavy (non-hydrogen) atoms. The maximum atomic E-state index is 6.09. The Bertz CT molecular complexity index is 514. The molecule has 0 amide bonds. The van der Waals surface area contributed by atoms with Crippen LogP contribution in [0.15, 0.2) is 30.3 Å². The molecule has 0 fully saturated rings. The standard InChI is InChI=1S/C12H5Cl4/c13-7-4-5-9(14)8(6-7)12-10(15)2-1-3-11(12)16/h1-3,5-6H. The lowest BCUT2D eigenvalue weighted by atomic mass is 10.1. The zero-order chi connectivity index (χ0) is 11.7. The molecule has 1 radical (unpaired) electrons. The minimum absolute atomic E-state index is 0.468. The molecule has 0 heterocycles. The second-order valence-corrected chi connectivity index (χ2v) is 4.77. The minimum atomic E-state index is 0.468. The van der Waals surface area contributed by atoms with Crippen LogP contribution in [0.25, 0.3) is 11.1 Å². The lowest BCUT2D eigenvalue weighted by Gasteiger charge is -2.09. The van der Waals surface area contributed by atoms with Crippen LogP contribution >= 0.6 is 46.4 Å². The van der Waals surface area contributed by atoms with Gasteiger partial charge in [-0.2, -0.15) is 0 Å². The van der Waals surface area contributed by atoms with Crippen LogP contribution in [0.4, 0.5) is 0 Å². The van der Waals surface area contributed by atoms with Gasteiger partial charge in [-0.3, -0.25) is 0 Å². The highest BCUT2D eigenvalue weighted by atomic mass is 35.5. The van der Waals surface area contributed by atoms with Gasteiger partial charge in [-0.25, -0.2) is 0 Å². The Balaban J connectivity index is 2.72. The van der Waals surface area contributed by atoms with E-state index in [0.29, 0.717) is 31.2 Å². The summed E-state index contributed by atoms with van der Waals surface area (Å²) in [5, 5.41) is 2.06.